The van der Waals surface area contributed by atoms with Crippen molar-refractivity contribution >= 4 is 5.97 Å². The molecule has 0 aromatic heterocycles. The van der Waals surface area contributed by atoms with E-state index in [4.69, 9.17) is 0 Å². The predicted molar refractivity (Wildman–Crippen MR) is 56.3 cm³/mol. The van der Waals surface area contributed by atoms with E-state index in [0.717, 1.165) is 18.4 Å². The number of allylic oxidation sites excluding steroid dienone is 1. The number of methoxy groups -OCH3 is 1. The fraction of sp³-hybridized carbons (Fsp3) is 0.250. The first-order valence-electron chi connectivity index (χ1n) is 4.56. The molecule has 2 nitrogen and oxygen atoms in total. The molecule has 1 aromatic rings. The summed E-state index contributed by atoms with van der Waals surface area (Å²) in [7, 11) is 1.39. The lowest BCUT2D eigenvalue weighted by Gasteiger charge is -2.02. The smallest absolute Gasteiger partial charge is 0.337 e. The molecule has 74 valence electrons. The fourth-order valence-corrected chi connectivity index (χ4v) is 1.24. The number of aryl methyl sites for hydroxylation is 1. The minimum Gasteiger partial charge on any atom is -0.465 e. The Balaban J connectivity index is 2.78. The third kappa shape index (κ3) is 2.73. The van der Waals surface area contributed by atoms with Crippen LogP contribution in [-0.2, 0) is 11.2 Å². The Hall–Kier alpha value is -1.57. The largest absolute Gasteiger partial charge is 0.465 e. The first-order valence-corrected chi connectivity index (χ1v) is 4.56. The second-order valence-electron chi connectivity index (χ2n) is 3.02. The Labute approximate surface area is 84.2 Å². The van der Waals surface area contributed by atoms with E-state index in [2.05, 4.69) is 11.3 Å². The molecule has 0 aliphatic heterocycles. The van der Waals surface area contributed by atoms with Gasteiger partial charge >= 0.3 is 5.97 Å². The molecule has 2 heteroatoms. The van der Waals surface area contributed by atoms with Gasteiger partial charge in [-0.1, -0.05) is 18.2 Å². The third-order valence-electron chi connectivity index (χ3n) is 1.99. The maximum absolute atomic E-state index is 11.2. The van der Waals surface area contributed by atoms with Crippen LogP contribution in [0, 0.1) is 0 Å². The average molecular weight is 190 g/mol. The number of hydrogen-bond donors (Lipinski definition) is 0. The van der Waals surface area contributed by atoms with E-state index in [1.807, 2.05) is 24.3 Å². The van der Waals surface area contributed by atoms with Crippen LogP contribution in [0.1, 0.15) is 22.3 Å². The van der Waals surface area contributed by atoms with Crippen molar-refractivity contribution in [2.24, 2.45) is 0 Å². The fourth-order valence-electron chi connectivity index (χ4n) is 1.24. The number of carbonyl (C=O) groups is 1. The molecule has 0 spiro atoms. The summed E-state index contributed by atoms with van der Waals surface area (Å²) < 4.78 is 4.64. The van der Waals surface area contributed by atoms with E-state index in [9.17, 15) is 4.79 Å². The lowest BCUT2D eigenvalue weighted by atomic mass is 10.1. The molecular weight excluding hydrogens is 176 g/mol. The zero-order valence-electron chi connectivity index (χ0n) is 8.32. The summed E-state index contributed by atoms with van der Waals surface area (Å²) in [6.45, 7) is 3.66. The summed E-state index contributed by atoms with van der Waals surface area (Å²) in [5.41, 5.74) is 1.74. The van der Waals surface area contributed by atoms with Crippen LogP contribution in [0.15, 0.2) is 36.9 Å². The molecule has 0 bridgehead atoms. The van der Waals surface area contributed by atoms with E-state index in [1.54, 1.807) is 6.07 Å². The highest BCUT2D eigenvalue weighted by Crippen LogP contribution is 2.08. The number of ether oxygens (including phenoxy) is 1. The van der Waals surface area contributed by atoms with Crippen LogP contribution in [0.2, 0.25) is 0 Å². The van der Waals surface area contributed by atoms with E-state index < -0.39 is 0 Å². The van der Waals surface area contributed by atoms with Crippen molar-refractivity contribution in [1.82, 2.24) is 0 Å². The lowest BCUT2D eigenvalue weighted by molar-refractivity contribution is 0.0600. The first kappa shape index (κ1) is 10.5. The van der Waals surface area contributed by atoms with Crippen LogP contribution >= 0.6 is 0 Å². The van der Waals surface area contributed by atoms with Crippen LogP contribution in [-0.4, -0.2) is 13.1 Å². The maximum Gasteiger partial charge on any atom is 0.337 e. The third-order valence-corrected chi connectivity index (χ3v) is 1.99. The zero-order chi connectivity index (χ0) is 10.4. The molecule has 0 fully saturated rings. The van der Waals surface area contributed by atoms with Gasteiger partial charge in [0, 0.05) is 0 Å². The van der Waals surface area contributed by atoms with Crippen molar-refractivity contribution in [3.63, 3.8) is 0 Å². The van der Waals surface area contributed by atoms with Gasteiger partial charge in [-0.3, -0.25) is 0 Å². The van der Waals surface area contributed by atoms with Crippen molar-refractivity contribution in [3.8, 4) is 0 Å². The van der Waals surface area contributed by atoms with Gasteiger partial charge in [0.2, 0.25) is 0 Å². The quantitative estimate of drug-likeness (QED) is 0.539. The summed E-state index contributed by atoms with van der Waals surface area (Å²) in [6.07, 6.45) is 3.70. The van der Waals surface area contributed by atoms with Crippen molar-refractivity contribution in [1.29, 1.82) is 0 Å². The second-order valence-corrected chi connectivity index (χ2v) is 3.02. The summed E-state index contributed by atoms with van der Waals surface area (Å²) >= 11 is 0. The summed E-state index contributed by atoms with van der Waals surface area (Å²) in [4.78, 5) is 11.2. The summed E-state index contributed by atoms with van der Waals surface area (Å²) in [6, 6.07) is 7.47. The van der Waals surface area contributed by atoms with Crippen LogP contribution in [0.25, 0.3) is 0 Å². The topological polar surface area (TPSA) is 26.3 Å². The van der Waals surface area contributed by atoms with Crippen molar-refractivity contribution in [2.45, 2.75) is 12.8 Å². The Bertz CT molecular complexity index is 329. The zero-order valence-corrected chi connectivity index (χ0v) is 8.32. The highest BCUT2D eigenvalue weighted by atomic mass is 16.5. The highest BCUT2D eigenvalue weighted by molar-refractivity contribution is 5.89. The van der Waals surface area contributed by atoms with Gasteiger partial charge in [-0.2, -0.15) is 0 Å². The lowest BCUT2D eigenvalue weighted by Crippen LogP contribution is -2.01. The van der Waals surface area contributed by atoms with Gasteiger partial charge in [-0.15, -0.1) is 6.58 Å². The second kappa shape index (κ2) is 5.22. The van der Waals surface area contributed by atoms with E-state index in [-0.39, 0.29) is 5.97 Å². The molecule has 0 saturated heterocycles. The molecule has 0 atom stereocenters. The molecule has 0 amide bonds. The number of carbonyl (C=O) groups excluding carboxylic acids is 1. The monoisotopic (exact) mass is 190 g/mol. The molecule has 0 heterocycles. The SMILES string of the molecule is C=CCCc1cccc(C(=O)OC)c1. The van der Waals surface area contributed by atoms with Gasteiger partial charge in [-0.05, 0) is 30.5 Å². The average Bonchev–Trinajstić information content (AvgIpc) is 2.25. The van der Waals surface area contributed by atoms with Crippen LogP contribution < -0.4 is 0 Å². The van der Waals surface area contributed by atoms with Gasteiger partial charge in [0.25, 0.3) is 0 Å². The number of rotatable bonds is 4. The summed E-state index contributed by atoms with van der Waals surface area (Å²) in [5, 5.41) is 0. The molecular formula is C12H14O2. The summed E-state index contributed by atoms with van der Waals surface area (Å²) in [5.74, 6) is -0.287. The Morgan fingerprint density at radius 2 is 2.36 bits per heavy atom. The van der Waals surface area contributed by atoms with Gasteiger partial charge in [-0.25, -0.2) is 4.79 Å². The number of hydrogen-bond acceptors (Lipinski definition) is 2. The van der Waals surface area contributed by atoms with E-state index in [1.165, 1.54) is 7.11 Å². The highest BCUT2D eigenvalue weighted by Gasteiger charge is 2.04. The molecule has 14 heavy (non-hydrogen) atoms. The van der Waals surface area contributed by atoms with Crippen molar-refractivity contribution < 1.29 is 9.53 Å². The minimum absolute atomic E-state index is 0.287. The van der Waals surface area contributed by atoms with Crippen LogP contribution in [0.3, 0.4) is 0 Å². The number of esters is 1. The Kier molecular flexibility index (Phi) is 3.92. The van der Waals surface area contributed by atoms with Gasteiger partial charge in [0.05, 0.1) is 12.7 Å². The molecule has 0 aliphatic rings. The molecule has 0 N–H and O–H groups in total. The molecule has 0 aliphatic carbocycles. The van der Waals surface area contributed by atoms with Crippen molar-refractivity contribution in [2.75, 3.05) is 7.11 Å². The first-order chi connectivity index (χ1) is 6.77. The maximum atomic E-state index is 11.2. The van der Waals surface area contributed by atoms with Crippen LogP contribution in [0.4, 0.5) is 0 Å². The van der Waals surface area contributed by atoms with E-state index in [0.29, 0.717) is 5.56 Å². The molecule has 0 saturated carbocycles. The molecule has 0 radical (unpaired) electrons. The van der Waals surface area contributed by atoms with Gasteiger partial charge in [0.15, 0.2) is 0 Å². The van der Waals surface area contributed by atoms with Gasteiger partial charge in [0.1, 0.15) is 0 Å². The normalized spacial score (nSPS) is 9.50. The Morgan fingerprint density at radius 1 is 1.57 bits per heavy atom. The molecule has 1 aromatic carbocycles. The predicted octanol–water partition coefficient (Wildman–Crippen LogP) is 2.59. The Morgan fingerprint density at radius 3 is 3.00 bits per heavy atom. The molecule has 1 rings (SSSR count). The standard InChI is InChI=1S/C12H14O2/c1-3-4-6-10-7-5-8-11(9-10)12(13)14-2/h3,5,7-9H,1,4,6H2,2H3. The van der Waals surface area contributed by atoms with Gasteiger partial charge < -0.3 is 4.74 Å². The molecule has 0 unspecified atom stereocenters. The van der Waals surface area contributed by atoms with Crippen molar-refractivity contribution in [3.05, 3.63) is 48.0 Å². The minimum atomic E-state index is -0.287. The van der Waals surface area contributed by atoms with Crippen LogP contribution in [0.5, 0.6) is 0 Å². The van der Waals surface area contributed by atoms with E-state index >= 15 is 0 Å². The number of benzene rings is 1.